The lowest BCUT2D eigenvalue weighted by molar-refractivity contribution is 0.740. The molecule has 0 N–H and O–H groups in total. The average Bonchev–Trinajstić information content (AvgIpc) is 2.62. The third kappa shape index (κ3) is 1.60. The van der Waals surface area contributed by atoms with Crippen LogP contribution in [0.1, 0.15) is 5.69 Å². The molecule has 0 unspecified atom stereocenters. The summed E-state index contributed by atoms with van der Waals surface area (Å²) in [4.78, 5) is 4.30. The second-order valence-electron chi connectivity index (χ2n) is 2.64. The number of hydrogen-bond acceptors (Lipinski definition) is 4. The highest BCUT2D eigenvalue weighted by molar-refractivity contribution is 14.1. The first-order chi connectivity index (χ1) is 6.18. The first kappa shape index (κ1) is 9.07. The van der Waals surface area contributed by atoms with Gasteiger partial charge in [-0.25, -0.2) is 4.98 Å². The number of aryl methyl sites for hydroxylation is 1. The number of hydrogen-bond donors (Lipinski definition) is 0. The van der Waals surface area contributed by atoms with E-state index in [1.807, 2.05) is 24.9 Å². The van der Waals surface area contributed by atoms with Crippen LogP contribution in [0, 0.1) is 10.8 Å². The highest BCUT2D eigenvalue weighted by atomic mass is 127. The molecule has 2 aromatic heterocycles. The third-order valence-corrected chi connectivity index (χ3v) is 3.43. The van der Waals surface area contributed by atoms with Crippen molar-refractivity contribution in [2.45, 2.75) is 6.92 Å². The maximum absolute atomic E-state index is 4.30. The smallest absolute Gasteiger partial charge is 0.203 e. The van der Waals surface area contributed by atoms with Gasteiger partial charge in [0.25, 0.3) is 0 Å². The Labute approximate surface area is 93.3 Å². The van der Waals surface area contributed by atoms with E-state index in [0.717, 1.165) is 20.1 Å². The molecule has 0 aliphatic heterocycles. The number of rotatable bonds is 1. The highest BCUT2D eigenvalue weighted by Crippen LogP contribution is 2.24. The molecule has 0 saturated heterocycles. The summed E-state index contributed by atoms with van der Waals surface area (Å²) in [5, 5.41) is 5.09. The zero-order valence-corrected chi connectivity index (χ0v) is 10.1. The Kier molecular flexibility index (Phi) is 2.33. The van der Waals surface area contributed by atoms with Crippen LogP contribution in [0.2, 0.25) is 0 Å². The minimum atomic E-state index is 0.792. The fraction of sp³-hybridized carbons (Fsp3) is 0.286. The molecule has 0 atom stereocenters. The molecule has 2 aromatic rings. The molecule has 6 heteroatoms. The Bertz CT molecular complexity index is 433. The summed E-state index contributed by atoms with van der Waals surface area (Å²) in [6, 6.07) is 0. The average molecular weight is 306 g/mol. The monoisotopic (exact) mass is 306 g/mol. The Morgan fingerprint density at radius 3 is 2.77 bits per heavy atom. The molecule has 13 heavy (non-hydrogen) atoms. The van der Waals surface area contributed by atoms with Crippen LogP contribution in [0.25, 0.3) is 10.6 Å². The molecule has 0 amide bonds. The van der Waals surface area contributed by atoms with Crippen molar-refractivity contribution >= 4 is 34.1 Å². The summed E-state index contributed by atoms with van der Waals surface area (Å²) in [5.74, 6) is 0. The quantitative estimate of drug-likeness (QED) is 0.755. The molecule has 0 bridgehead atoms. The Balaban J connectivity index is 2.52. The van der Waals surface area contributed by atoms with Gasteiger partial charge in [-0.15, -0.1) is 0 Å². The van der Waals surface area contributed by atoms with E-state index in [-0.39, 0.29) is 0 Å². The van der Waals surface area contributed by atoms with E-state index >= 15 is 0 Å². The zero-order valence-electron chi connectivity index (χ0n) is 7.15. The van der Waals surface area contributed by atoms with Gasteiger partial charge in [0, 0.05) is 35.3 Å². The highest BCUT2D eigenvalue weighted by Gasteiger charge is 2.10. The summed E-state index contributed by atoms with van der Waals surface area (Å²) in [7, 11) is 1.92. The minimum Gasteiger partial charge on any atom is -0.272 e. The van der Waals surface area contributed by atoms with Gasteiger partial charge in [0.05, 0.1) is 11.8 Å². The molecule has 2 rings (SSSR count). The van der Waals surface area contributed by atoms with Gasteiger partial charge in [0.15, 0.2) is 0 Å². The van der Waals surface area contributed by atoms with Crippen molar-refractivity contribution in [3.63, 3.8) is 0 Å². The minimum absolute atomic E-state index is 0.792. The van der Waals surface area contributed by atoms with Gasteiger partial charge in [0.1, 0.15) is 5.01 Å². The second-order valence-corrected chi connectivity index (χ2v) is 4.35. The lowest BCUT2D eigenvalue weighted by Gasteiger charge is -1.94. The van der Waals surface area contributed by atoms with Crippen molar-refractivity contribution in [2.24, 2.45) is 7.05 Å². The van der Waals surface area contributed by atoms with Crippen LogP contribution in [0.5, 0.6) is 0 Å². The van der Waals surface area contributed by atoms with Crippen LogP contribution in [0.3, 0.4) is 0 Å². The first-order valence-electron chi connectivity index (χ1n) is 3.66. The standard InChI is InChI=1S/C7H7IN4S/c1-4-5(3-9-12(4)2)6-10-7(8)11-13-6/h3H,1-2H3. The Morgan fingerprint density at radius 2 is 2.31 bits per heavy atom. The van der Waals surface area contributed by atoms with Gasteiger partial charge in [0.2, 0.25) is 3.83 Å². The summed E-state index contributed by atoms with van der Waals surface area (Å²) >= 11 is 3.52. The van der Waals surface area contributed by atoms with E-state index in [1.165, 1.54) is 11.5 Å². The van der Waals surface area contributed by atoms with E-state index < -0.39 is 0 Å². The topological polar surface area (TPSA) is 43.6 Å². The van der Waals surface area contributed by atoms with E-state index in [2.05, 4.69) is 37.0 Å². The largest absolute Gasteiger partial charge is 0.272 e. The number of aromatic nitrogens is 4. The van der Waals surface area contributed by atoms with Gasteiger partial charge in [-0.1, -0.05) is 0 Å². The van der Waals surface area contributed by atoms with Gasteiger partial charge in [-0.05, 0) is 18.5 Å². The van der Waals surface area contributed by atoms with Crippen LogP contribution >= 0.6 is 34.1 Å². The molecular formula is C7H7IN4S. The lowest BCUT2D eigenvalue weighted by Crippen LogP contribution is -1.92. The van der Waals surface area contributed by atoms with Crippen molar-refractivity contribution in [3.05, 3.63) is 15.7 Å². The molecule has 0 fully saturated rings. The van der Waals surface area contributed by atoms with E-state index in [9.17, 15) is 0 Å². The maximum atomic E-state index is 4.30. The van der Waals surface area contributed by atoms with Crippen LogP contribution in [0.15, 0.2) is 6.20 Å². The summed E-state index contributed by atoms with van der Waals surface area (Å²) in [6.07, 6.45) is 1.83. The van der Waals surface area contributed by atoms with Crippen LogP contribution < -0.4 is 0 Å². The van der Waals surface area contributed by atoms with Gasteiger partial charge in [-0.3, -0.25) is 4.68 Å². The van der Waals surface area contributed by atoms with E-state index in [1.54, 1.807) is 0 Å². The van der Waals surface area contributed by atoms with Crippen LogP contribution in [-0.4, -0.2) is 19.1 Å². The molecule has 0 aliphatic rings. The number of nitrogens with zero attached hydrogens (tertiary/aromatic N) is 4. The fourth-order valence-corrected chi connectivity index (χ4v) is 2.35. The SMILES string of the molecule is Cc1c(-c2nc(I)ns2)cnn1C. The van der Waals surface area contributed by atoms with Gasteiger partial charge < -0.3 is 0 Å². The number of halogens is 1. The molecular weight excluding hydrogens is 299 g/mol. The van der Waals surface area contributed by atoms with E-state index in [0.29, 0.717) is 0 Å². The van der Waals surface area contributed by atoms with Gasteiger partial charge >= 0.3 is 0 Å². The molecule has 0 aliphatic carbocycles. The maximum Gasteiger partial charge on any atom is 0.203 e. The summed E-state index contributed by atoms with van der Waals surface area (Å²) in [5.41, 5.74) is 2.19. The predicted octanol–water partition coefficient (Wildman–Crippen LogP) is 1.85. The Morgan fingerprint density at radius 1 is 1.54 bits per heavy atom. The van der Waals surface area contributed by atoms with E-state index in [4.69, 9.17) is 0 Å². The molecule has 4 nitrogen and oxygen atoms in total. The molecule has 0 spiro atoms. The second kappa shape index (κ2) is 3.33. The van der Waals surface area contributed by atoms with Crippen molar-refractivity contribution in [3.8, 4) is 10.6 Å². The van der Waals surface area contributed by atoms with Gasteiger partial charge in [-0.2, -0.15) is 9.47 Å². The van der Waals surface area contributed by atoms with Crippen molar-refractivity contribution in [2.75, 3.05) is 0 Å². The molecule has 0 aromatic carbocycles. The van der Waals surface area contributed by atoms with Crippen LogP contribution in [-0.2, 0) is 7.05 Å². The first-order valence-corrected chi connectivity index (χ1v) is 5.52. The molecule has 0 saturated carbocycles. The third-order valence-electron chi connectivity index (χ3n) is 1.87. The zero-order chi connectivity index (χ0) is 9.42. The molecule has 2 heterocycles. The molecule has 68 valence electrons. The van der Waals surface area contributed by atoms with Crippen molar-refractivity contribution in [1.82, 2.24) is 19.1 Å². The normalized spacial score (nSPS) is 10.7. The molecule has 0 radical (unpaired) electrons. The Hall–Kier alpha value is -0.500. The van der Waals surface area contributed by atoms with Crippen molar-refractivity contribution < 1.29 is 0 Å². The summed E-state index contributed by atoms with van der Waals surface area (Å²) < 4.78 is 6.75. The summed E-state index contributed by atoms with van der Waals surface area (Å²) in [6.45, 7) is 2.02. The van der Waals surface area contributed by atoms with Crippen molar-refractivity contribution in [1.29, 1.82) is 0 Å². The van der Waals surface area contributed by atoms with Crippen LogP contribution in [0.4, 0.5) is 0 Å². The lowest BCUT2D eigenvalue weighted by atomic mass is 10.3. The fourth-order valence-electron chi connectivity index (χ4n) is 1.02. The predicted molar refractivity (Wildman–Crippen MR) is 59.6 cm³/mol.